The molecule has 108 valence electrons. The molecule has 22 heavy (non-hydrogen) atoms. The van der Waals surface area contributed by atoms with Crippen LogP contribution in [0.5, 0.6) is 0 Å². The van der Waals surface area contributed by atoms with Crippen molar-refractivity contribution in [3.63, 3.8) is 0 Å². The van der Waals surface area contributed by atoms with Crippen molar-refractivity contribution < 1.29 is 0 Å². The molecular weight excluding hydrogens is 272 g/mol. The van der Waals surface area contributed by atoms with Crippen LogP contribution < -0.4 is 0 Å². The lowest BCUT2D eigenvalue weighted by atomic mass is 10.2. The third-order valence-corrected chi connectivity index (χ3v) is 4.05. The summed E-state index contributed by atoms with van der Waals surface area (Å²) in [5.41, 5.74) is 7.16. The SMILES string of the molecule is Cc1ncccc1-c1nc(C)c2c(C)nc3ccccc3n12. The number of nitrogens with zero attached hydrogens (tertiary/aromatic N) is 4. The highest BCUT2D eigenvalue weighted by Gasteiger charge is 2.17. The molecule has 4 heteroatoms. The smallest absolute Gasteiger partial charge is 0.147 e. The van der Waals surface area contributed by atoms with Crippen molar-refractivity contribution in [2.75, 3.05) is 0 Å². The van der Waals surface area contributed by atoms with Gasteiger partial charge in [-0.3, -0.25) is 9.38 Å². The van der Waals surface area contributed by atoms with E-state index in [2.05, 4.69) is 21.5 Å². The molecule has 0 unspecified atom stereocenters. The van der Waals surface area contributed by atoms with Gasteiger partial charge >= 0.3 is 0 Å². The van der Waals surface area contributed by atoms with E-state index >= 15 is 0 Å². The van der Waals surface area contributed by atoms with E-state index < -0.39 is 0 Å². The van der Waals surface area contributed by atoms with Crippen LogP contribution in [0.3, 0.4) is 0 Å². The van der Waals surface area contributed by atoms with Gasteiger partial charge in [-0.1, -0.05) is 12.1 Å². The van der Waals surface area contributed by atoms with Gasteiger partial charge in [0.1, 0.15) is 5.82 Å². The predicted octanol–water partition coefficient (Wildman–Crippen LogP) is 3.87. The molecule has 0 saturated carbocycles. The number of para-hydroxylation sites is 2. The first-order chi connectivity index (χ1) is 10.7. The molecule has 0 spiro atoms. The number of hydrogen-bond acceptors (Lipinski definition) is 3. The van der Waals surface area contributed by atoms with Gasteiger partial charge in [0.05, 0.1) is 27.9 Å². The monoisotopic (exact) mass is 288 g/mol. The molecule has 0 aliphatic carbocycles. The van der Waals surface area contributed by atoms with E-state index in [1.807, 2.05) is 51.2 Å². The van der Waals surface area contributed by atoms with Crippen LogP contribution in [0.15, 0.2) is 42.6 Å². The molecule has 0 bridgehead atoms. The number of aromatic nitrogens is 4. The maximum Gasteiger partial charge on any atom is 0.147 e. The quantitative estimate of drug-likeness (QED) is 0.534. The maximum atomic E-state index is 4.81. The average molecular weight is 288 g/mol. The minimum absolute atomic E-state index is 0.930. The molecule has 0 aliphatic rings. The number of rotatable bonds is 1. The summed E-state index contributed by atoms with van der Waals surface area (Å²) in [4.78, 5) is 13.9. The van der Waals surface area contributed by atoms with Crippen molar-refractivity contribution in [2.24, 2.45) is 0 Å². The first kappa shape index (κ1) is 13.0. The molecule has 0 radical (unpaired) electrons. The zero-order chi connectivity index (χ0) is 15.3. The van der Waals surface area contributed by atoms with Crippen LogP contribution in [0.1, 0.15) is 17.1 Å². The standard InChI is InChI=1S/C18H16N4/c1-11-14(7-6-10-19-11)18-21-13(3)17-12(2)20-15-8-4-5-9-16(15)22(17)18/h4-10H,1-3H3. The van der Waals surface area contributed by atoms with Gasteiger partial charge in [-0.25, -0.2) is 9.97 Å². The Hall–Kier alpha value is -2.75. The van der Waals surface area contributed by atoms with E-state index in [-0.39, 0.29) is 0 Å². The minimum atomic E-state index is 0.930. The Balaban J connectivity index is 2.23. The van der Waals surface area contributed by atoms with E-state index in [0.29, 0.717) is 0 Å². The van der Waals surface area contributed by atoms with Crippen LogP contribution in [-0.2, 0) is 0 Å². The summed E-state index contributed by atoms with van der Waals surface area (Å²) in [5, 5.41) is 0. The van der Waals surface area contributed by atoms with Gasteiger partial charge in [-0.2, -0.15) is 0 Å². The molecule has 0 atom stereocenters. The van der Waals surface area contributed by atoms with Crippen LogP contribution in [0, 0.1) is 20.8 Å². The topological polar surface area (TPSA) is 43.1 Å². The third kappa shape index (κ3) is 1.73. The van der Waals surface area contributed by atoms with Crippen molar-refractivity contribution in [1.29, 1.82) is 0 Å². The summed E-state index contributed by atoms with van der Waals surface area (Å²) in [5.74, 6) is 0.930. The lowest BCUT2D eigenvalue weighted by Crippen LogP contribution is -1.98. The first-order valence-corrected chi connectivity index (χ1v) is 7.33. The van der Waals surface area contributed by atoms with Crippen molar-refractivity contribution in [1.82, 2.24) is 19.4 Å². The number of aryl methyl sites for hydroxylation is 3. The van der Waals surface area contributed by atoms with E-state index in [1.165, 1.54) is 0 Å². The minimum Gasteiger partial charge on any atom is -0.289 e. The Labute approximate surface area is 128 Å². The second-order valence-electron chi connectivity index (χ2n) is 5.53. The molecule has 4 aromatic rings. The molecule has 0 amide bonds. The fourth-order valence-electron chi connectivity index (χ4n) is 3.07. The van der Waals surface area contributed by atoms with Crippen LogP contribution in [-0.4, -0.2) is 19.4 Å². The molecule has 3 heterocycles. The Morgan fingerprint density at radius 1 is 0.818 bits per heavy atom. The number of imidazole rings is 1. The lowest BCUT2D eigenvalue weighted by Gasteiger charge is -2.09. The van der Waals surface area contributed by atoms with Gasteiger partial charge in [0.25, 0.3) is 0 Å². The lowest BCUT2D eigenvalue weighted by molar-refractivity contribution is 1.13. The van der Waals surface area contributed by atoms with Crippen molar-refractivity contribution in [3.05, 3.63) is 59.7 Å². The Kier molecular flexibility index (Phi) is 2.73. The molecule has 4 nitrogen and oxygen atoms in total. The molecule has 0 N–H and O–H groups in total. The van der Waals surface area contributed by atoms with E-state index in [1.54, 1.807) is 0 Å². The molecule has 4 rings (SSSR count). The first-order valence-electron chi connectivity index (χ1n) is 7.33. The van der Waals surface area contributed by atoms with Crippen LogP contribution in [0.4, 0.5) is 0 Å². The highest BCUT2D eigenvalue weighted by molar-refractivity contribution is 5.83. The van der Waals surface area contributed by atoms with Crippen LogP contribution in [0.25, 0.3) is 27.9 Å². The summed E-state index contributed by atoms with van der Waals surface area (Å²) >= 11 is 0. The third-order valence-electron chi connectivity index (χ3n) is 4.05. The Bertz CT molecular complexity index is 1010. The molecule has 3 aromatic heterocycles. The van der Waals surface area contributed by atoms with Gasteiger partial charge < -0.3 is 0 Å². The van der Waals surface area contributed by atoms with E-state index in [0.717, 1.165) is 45.0 Å². The van der Waals surface area contributed by atoms with Gasteiger partial charge in [-0.15, -0.1) is 0 Å². The Morgan fingerprint density at radius 2 is 1.59 bits per heavy atom. The molecular formula is C18H16N4. The highest BCUT2D eigenvalue weighted by Crippen LogP contribution is 2.29. The predicted molar refractivity (Wildman–Crippen MR) is 87.9 cm³/mol. The summed E-state index contributed by atoms with van der Waals surface area (Å²) in [6.07, 6.45) is 1.81. The average Bonchev–Trinajstić information content (AvgIpc) is 2.86. The van der Waals surface area contributed by atoms with Crippen molar-refractivity contribution >= 4 is 16.6 Å². The van der Waals surface area contributed by atoms with Gasteiger partial charge in [0, 0.05) is 17.5 Å². The summed E-state index contributed by atoms with van der Waals surface area (Å²) in [6, 6.07) is 12.2. The number of pyridine rings is 1. The summed E-state index contributed by atoms with van der Waals surface area (Å²) in [7, 11) is 0. The van der Waals surface area contributed by atoms with E-state index in [4.69, 9.17) is 9.97 Å². The second kappa shape index (κ2) is 4.63. The van der Waals surface area contributed by atoms with Crippen molar-refractivity contribution in [2.45, 2.75) is 20.8 Å². The number of fused-ring (bicyclic) bond motifs is 3. The van der Waals surface area contributed by atoms with Crippen LogP contribution >= 0.6 is 0 Å². The summed E-state index contributed by atoms with van der Waals surface area (Å²) in [6.45, 7) is 6.09. The van der Waals surface area contributed by atoms with Crippen molar-refractivity contribution in [3.8, 4) is 11.4 Å². The van der Waals surface area contributed by atoms with E-state index in [9.17, 15) is 0 Å². The zero-order valence-corrected chi connectivity index (χ0v) is 12.8. The zero-order valence-electron chi connectivity index (χ0n) is 12.8. The maximum absolute atomic E-state index is 4.81. The van der Waals surface area contributed by atoms with Gasteiger partial charge in [-0.05, 0) is 45.0 Å². The second-order valence-corrected chi connectivity index (χ2v) is 5.53. The Morgan fingerprint density at radius 3 is 2.41 bits per heavy atom. The van der Waals surface area contributed by atoms with Gasteiger partial charge in [0.15, 0.2) is 0 Å². The number of benzene rings is 1. The normalized spacial score (nSPS) is 11.4. The molecule has 0 aliphatic heterocycles. The fourth-order valence-corrected chi connectivity index (χ4v) is 3.07. The highest BCUT2D eigenvalue weighted by atomic mass is 15.1. The largest absolute Gasteiger partial charge is 0.289 e. The number of hydrogen-bond donors (Lipinski definition) is 0. The summed E-state index contributed by atoms with van der Waals surface area (Å²) < 4.78 is 2.21. The molecule has 0 saturated heterocycles. The fraction of sp³-hybridized carbons (Fsp3) is 0.167. The van der Waals surface area contributed by atoms with Gasteiger partial charge in [0.2, 0.25) is 0 Å². The molecule has 1 aromatic carbocycles. The van der Waals surface area contributed by atoms with Crippen LogP contribution in [0.2, 0.25) is 0 Å². The molecule has 0 fully saturated rings.